The van der Waals surface area contributed by atoms with E-state index in [1.54, 1.807) is 0 Å². The maximum Gasteiger partial charge on any atom is 0.152 e. The number of ether oxygens (including phenoxy) is 1. The zero-order valence-corrected chi connectivity index (χ0v) is 12.9. The molecule has 3 heterocycles. The largest absolute Gasteiger partial charge is 0.369 e. The summed E-state index contributed by atoms with van der Waals surface area (Å²) in [5, 5.41) is 0. The summed E-state index contributed by atoms with van der Waals surface area (Å²) in [7, 11) is 0. The smallest absolute Gasteiger partial charge is 0.152 e. The van der Waals surface area contributed by atoms with E-state index in [0.29, 0.717) is 5.88 Å². The van der Waals surface area contributed by atoms with Gasteiger partial charge < -0.3 is 14.0 Å². The van der Waals surface area contributed by atoms with Crippen LogP contribution in [0.15, 0.2) is 24.4 Å². The first-order valence-electron chi connectivity index (χ1n) is 6.95. The molecule has 0 saturated carbocycles. The molecule has 20 heavy (non-hydrogen) atoms. The summed E-state index contributed by atoms with van der Waals surface area (Å²) in [6, 6.07) is 6.00. The number of alkyl halides is 1. The first-order chi connectivity index (χ1) is 9.50. The van der Waals surface area contributed by atoms with E-state index in [1.165, 1.54) is 0 Å². The minimum atomic E-state index is -0.170. The highest BCUT2D eigenvalue weighted by Gasteiger charge is 2.33. The summed E-state index contributed by atoms with van der Waals surface area (Å²) in [6.45, 7) is 8.00. The van der Waals surface area contributed by atoms with E-state index in [4.69, 9.17) is 21.3 Å². The van der Waals surface area contributed by atoms with Crippen LogP contribution in [0.2, 0.25) is 0 Å². The van der Waals surface area contributed by atoms with Crippen molar-refractivity contribution in [3.8, 4) is 0 Å². The van der Waals surface area contributed by atoms with Crippen molar-refractivity contribution < 1.29 is 4.74 Å². The van der Waals surface area contributed by atoms with Crippen molar-refractivity contribution in [2.24, 2.45) is 0 Å². The zero-order chi connectivity index (χ0) is 14.3. The molecule has 1 atom stereocenters. The molecular formula is C15H20ClN3O. The van der Waals surface area contributed by atoms with Crippen molar-refractivity contribution in [3.05, 3.63) is 30.1 Å². The highest BCUT2D eigenvalue weighted by atomic mass is 35.5. The van der Waals surface area contributed by atoms with Crippen LogP contribution in [0.25, 0.3) is 5.65 Å². The molecule has 3 rings (SSSR count). The van der Waals surface area contributed by atoms with E-state index in [-0.39, 0.29) is 11.7 Å². The van der Waals surface area contributed by atoms with Gasteiger partial charge in [0.25, 0.3) is 0 Å². The van der Waals surface area contributed by atoms with Crippen LogP contribution in [-0.4, -0.2) is 34.2 Å². The zero-order valence-electron chi connectivity index (χ0n) is 12.1. The topological polar surface area (TPSA) is 29.8 Å². The van der Waals surface area contributed by atoms with E-state index in [0.717, 1.165) is 30.2 Å². The number of pyridine rings is 1. The van der Waals surface area contributed by atoms with Crippen LogP contribution < -0.4 is 4.90 Å². The fourth-order valence-corrected chi connectivity index (χ4v) is 3.27. The third-order valence-corrected chi connectivity index (χ3v) is 3.86. The van der Waals surface area contributed by atoms with E-state index in [2.05, 4.69) is 30.1 Å². The number of hydrogen-bond acceptors (Lipinski definition) is 3. The summed E-state index contributed by atoms with van der Waals surface area (Å²) in [6.07, 6.45) is 2.20. The van der Waals surface area contributed by atoms with Crippen LogP contribution in [0.3, 0.4) is 0 Å². The Morgan fingerprint density at radius 1 is 1.45 bits per heavy atom. The predicted octanol–water partition coefficient (Wildman–Crippen LogP) is 3.08. The quantitative estimate of drug-likeness (QED) is 0.797. The molecule has 1 aliphatic heterocycles. The standard InChI is InChI=1S/C15H20ClN3O/c1-11-9-18(10-15(2,3)20-11)14-12(8-16)19-7-5-4-6-13(19)17-14/h4-7,11H,8-10H2,1-3H3. The molecule has 1 saturated heterocycles. The van der Waals surface area contributed by atoms with Gasteiger partial charge in [0, 0.05) is 19.3 Å². The molecule has 1 fully saturated rings. The number of aromatic nitrogens is 2. The van der Waals surface area contributed by atoms with Gasteiger partial charge in [0.05, 0.1) is 23.3 Å². The average Bonchev–Trinajstić information content (AvgIpc) is 2.74. The lowest BCUT2D eigenvalue weighted by molar-refractivity contribution is -0.0751. The summed E-state index contributed by atoms with van der Waals surface area (Å²) in [4.78, 5) is 7.05. The summed E-state index contributed by atoms with van der Waals surface area (Å²) in [5.74, 6) is 1.43. The molecule has 0 bridgehead atoms. The monoisotopic (exact) mass is 293 g/mol. The van der Waals surface area contributed by atoms with Gasteiger partial charge in [-0.15, -0.1) is 11.6 Å². The third kappa shape index (κ3) is 2.38. The van der Waals surface area contributed by atoms with Gasteiger partial charge >= 0.3 is 0 Å². The van der Waals surface area contributed by atoms with Crippen molar-refractivity contribution in [2.75, 3.05) is 18.0 Å². The number of halogens is 1. The van der Waals surface area contributed by atoms with Crippen LogP contribution in [0, 0.1) is 0 Å². The minimum Gasteiger partial charge on any atom is -0.369 e. The first kappa shape index (κ1) is 13.7. The normalized spacial score (nSPS) is 22.4. The maximum absolute atomic E-state index is 6.16. The van der Waals surface area contributed by atoms with E-state index >= 15 is 0 Å². The Morgan fingerprint density at radius 3 is 2.95 bits per heavy atom. The third-order valence-electron chi connectivity index (χ3n) is 3.60. The van der Waals surface area contributed by atoms with Crippen molar-refractivity contribution in [2.45, 2.75) is 38.4 Å². The van der Waals surface area contributed by atoms with E-state index in [9.17, 15) is 0 Å². The molecule has 108 valence electrons. The molecule has 4 nitrogen and oxygen atoms in total. The second-order valence-corrected chi connectivity index (χ2v) is 6.28. The summed E-state index contributed by atoms with van der Waals surface area (Å²) >= 11 is 6.16. The SMILES string of the molecule is CC1CN(c2nc3ccccn3c2CCl)CC(C)(C)O1. The fraction of sp³-hybridized carbons (Fsp3) is 0.533. The van der Waals surface area contributed by atoms with Crippen LogP contribution in [0.5, 0.6) is 0 Å². The number of morpholine rings is 1. The van der Waals surface area contributed by atoms with Crippen molar-refractivity contribution in [1.29, 1.82) is 0 Å². The number of rotatable bonds is 2. The highest BCUT2D eigenvalue weighted by Crippen LogP contribution is 2.29. The molecule has 0 aromatic carbocycles. The highest BCUT2D eigenvalue weighted by molar-refractivity contribution is 6.17. The Kier molecular flexibility index (Phi) is 3.38. The van der Waals surface area contributed by atoms with Gasteiger partial charge in [0.2, 0.25) is 0 Å². The molecule has 0 spiro atoms. The number of anilines is 1. The minimum absolute atomic E-state index is 0.170. The Bertz CT molecular complexity index is 623. The average molecular weight is 294 g/mol. The van der Waals surface area contributed by atoms with Gasteiger partial charge in [-0.1, -0.05) is 6.07 Å². The van der Waals surface area contributed by atoms with Crippen LogP contribution in [0.4, 0.5) is 5.82 Å². The molecule has 0 radical (unpaired) electrons. The lowest BCUT2D eigenvalue weighted by Crippen LogP contribution is -2.52. The molecule has 1 unspecified atom stereocenters. The fourth-order valence-electron chi connectivity index (χ4n) is 3.03. The van der Waals surface area contributed by atoms with Gasteiger partial charge in [-0.25, -0.2) is 4.98 Å². The Balaban J connectivity index is 2.05. The predicted molar refractivity (Wildman–Crippen MR) is 81.6 cm³/mol. The second kappa shape index (κ2) is 4.93. The summed E-state index contributed by atoms with van der Waals surface area (Å²) in [5.41, 5.74) is 1.82. The van der Waals surface area contributed by atoms with Gasteiger partial charge in [-0.2, -0.15) is 0 Å². The van der Waals surface area contributed by atoms with Crippen LogP contribution >= 0.6 is 11.6 Å². The van der Waals surface area contributed by atoms with Gasteiger partial charge in [-0.3, -0.25) is 0 Å². The molecule has 1 aliphatic rings. The van der Waals surface area contributed by atoms with E-state index in [1.807, 2.05) is 24.4 Å². The van der Waals surface area contributed by atoms with Gasteiger partial charge in [0.15, 0.2) is 5.82 Å². The molecule has 0 N–H and O–H groups in total. The number of fused-ring (bicyclic) bond motifs is 1. The Labute approximate surface area is 124 Å². The van der Waals surface area contributed by atoms with Crippen molar-refractivity contribution in [3.63, 3.8) is 0 Å². The van der Waals surface area contributed by atoms with E-state index < -0.39 is 0 Å². The Hall–Kier alpha value is -1.26. The Morgan fingerprint density at radius 2 is 2.25 bits per heavy atom. The van der Waals surface area contributed by atoms with Gasteiger partial charge in [-0.05, 0) is 32.9 Å². The lowest BCUT2D eigenvalue weighted by Gasteiger charge is -2.42. The number of hydrogen-bond donors (Lipinski definition) is 0. The van der Waals surface area contributed by atoms with Crippen LogP contribution in [0.1, 0.15) is 26.5 Å². The van der Waals surface area contributed by atoms with Crippen molar-refractivity contribution in [1.82, 2.24) is 9.38 Å². The number of nitrogens with zero attached hydrogens (tertiary/aromatic N) is 3. The molecule has 0 amide bonds. The molecule has 2 aromatic heterocycles. The molecule has 2 aromatic rings. The number of imidazole rings is 1. The van der Waals surface area contributed by atoms with Crippen LogP contribution in [-0.2, 0) is 10.6 Å². The summed E-state index contributed by atoms with van der Waals surface area (Å²) < 4.78 is 8.03. The van der Waals surface area contributed by atoms with Gasteiger partial charge in [0.1, 0.15) is 5.65 Å². The molecular weight excluding hydrogens is 274 g/mol. The first-order valence-corrected chi connectivity index (χ1v) is 7.48. The lowest BCUT2D eigenvalue weighted by atomic mass is 10.1. The van der Waals surface area contributed by atoms with Crippen molar-refractivity contribution >= 4 is 23.1 Å². The second-order valence-electron chi connectivity index (χ2n) is 6.01. The molecule has 5 heteroatoms. The molecule has 0 aliphatic carbocycles. The maximum atomic E-state index is 6.16.